The lowest BCUT2D eigenvalue weighted by Gasteiger charge is -2.31. The van der Waals surface area contributed by atoms with Gasteiger partial charge in [0.2, 0.25) is 5.79 Å². The summed E-state index contributed by atoms with van der Waals surface area (Å²) in [7, 11) is 0. The number of hydrogen-bond donors (Lipinski definition) is 0. The van der Waals surface area contributed by atoms with Crippen molar-refractivity contribution in [3.8, 4) is 0 Å². The first-order valence-corrected chi connectivity index (χ1v) is 5.57. The molecule has 0 aromatic heterocycles. The molecule has 0 N–H and O–H groups in total. The van der Waals surface area contributed by atoms with E-state index in [0.717, 1.165) is 4.90 Å². The highest BCUT2D eigenvalue weighted by molar-refractivity contribution is 6.18. The topological polar surface area (TPSA) is 29.5 Å². The van der Waals surface area contributed by atoms with E-state index in [0.29, 0.717) is 13.0 Å². The molecule has 1 fully saturated rings. The van der Waals surface area contributed by atoms with E-state index in [1.54, 1.807) is 20.8 Å². The van der Waals surface area contributed by atoms with Crippen molar-refractivity contribution in [2.45, 2.75) is 45.0 Å². The summed E-state index contributed by atoms with van der Waals surface area (Å²) in [5, 5.41) is 0. The first kappa shape index (κ1) is 12.6. The highest BCUT2D eigenvalue weighted by Crippen LogP contribution is 2.33. The molecule has 1 aliphatic rings. The van der Waals surface area contributed by atoms with Gasteiger partial charge in [-0.2, -0.15) is 0 Å². The number of amides is 1. The zero-order valence-corrected chi connectivity index (χ0v) is 10.1. The van der Waals surface area contributed by atoms with E-state index in [1.165, 1.54) is 0 Å². The van der Waals surface area contributed by atoms with E-state index in [-0.39, 0.29) is 12.3 Å². The normalized spacial score (nSPS) is 26.9. The van der Waals surface area contributed by atoms with Crippen LogP contribution in [0.1, 0.15) is 33.6 Å². The van der Waals surface area contributed by atoms with E-state index in [9.17, 15) is 9.18 Å². The van der Waals surface area contributed by atoms with Crippen molar-refractivity contribution in [1.29, 1.82) is 0 Å². The minimum atomic E-state index is -1.73. The molecule has 1 aliphatic heterocycles. The minimum absolute atomic E-state index is 0.202. The first-order valence-electron chi connectivity index (χ1n) is 5.04. The lowest BCUT2D eigenvalue weighted by Crippen LogP contribution is -2.47. The van der Waals surface area contributed by atoms with Gasteiger partial charge in [0.25, 0.3) is 0 Å². The fourth-order valence-corrected chi connectivity index (χ4v) is 1.83. The van der Waals surface area contributed by atoms with Crippen molar-refractivity contribution in [3.05, 3.63) is 0 Å². The van der Waals surface area contributed by atoms with E-state index >= 15 is 0 Å². The Bertz CT molecular complexity index is 254. The fourth-order valence-electron chi connectivity index (χ4n) is 1.55. The molecular formula is C10H17ClFNO2. The van der Waals surface area contributed by atoms with Crippen LogP contribution in [0.5, 0.6) is 0 Å². The third kappa shape index (κ3) is 2.97. The molecule has 1 atom stereocenters. The molecule has 0 spiro atoms. The average Bonchev–Trinajstić information content (AvgIpc) is 2.45. The maximum Gasteiger partial charge on any atom is 0.412 e. The number of ether oxygens (including phenoxy) is 1. The number of alkyl halides is 2. The van der Waals surface area contributed by atoms with Gasteiger partial charge in [0.15, 0.2) is 0 Å². The number of nitrogens with zero attached hydrogens (tertiary/aromatic N) is 1. The van der Waals surface area contributed by atoms with Gasteiger partial charge < -0.3 is 4.74 Å². The predicted octanol–water partition coefficient (Wildman–Crippen LogP) is 2.92. The Balaban J connectivity index is 2.67. The molecule has 0 radical (unpaired) electrons. The summed E-state index contributed by atoms with van der Waals surface area (Å²) in [5.74, 6) is -1.93. The number of halogens is 2. The van der Waals surface area contributed by atoms with Gasteiger partial charge in [0.1, 0.15) is 5.60 Å². The van der Waals surface area contributed by atoms with E-state index in [2.05, 4.69) is 0 Å². The molecule has 1 rings (SSSR count). The standard InChI is InChI=1S/C10H17ClFNO2/c1-9(2,3)15-8(14)13-6-4-5-10(13,12)7-11/h4-7H2,1-3H3. The lowest BCUT2D eigenvalue weighted by molar-refractivity contribution is -0.0220. The van der Waals surface area contributed by atoms with Gasteiger partial charge in [-0.1, -0.05) is 0 Å². The zero-order valence-electron chi connectivity index (χ0n) is 9.35. The second kappa shape index (κ2) is 4.16. The van der Waals surface area contributed by atoms with Crippen molar-refractivity contribution in [3.63, 3.8) is 0 Å². The third-order valence-electron chi connectivity index (χ3n) is 2.24. The Morgan fingerprint density at radius 1 is 1.60 bits per heavy atom. The van der Waals surface area contributed by atoms with Crippen LogP contribution in [-0.2, 0) is 4.74 Å². The Hall–Kier alpha value is -0.510. The summed E-state index contributed by atoms with van der Waals surface area (Å²) in [5.41, 5.74) is -0.604. The predicted molar refractivity (Wildman–Crippen MR) is 56.7 cm³/mol. The number of carbonyl (C=O) groups is 1. The molecule has 15 heavy (non-hydrogen) atoms. The van der Waals surface area contributed by atoms with Crippen LogP contribution in [-0.4, -0.2) is 34.8 Å². The monoisotopic (exact) mass is 237 g/mol. The Morgan fingerprint density at radius 2 is 2.20 bits per heavy atom. The van der Waals surface area contributed by atoms with E-state index in [1.807, 2.05) is 0 Å². The smallest absolute Gasteiger partial charge is 0.412 e. The van der Waals surface area contributed by atoms with Crippen LogP contribution in [0, 0.1) is 0 Å². The zero-order chi connectivity index (χ0) is 11.7. The summed E-state index contributed by atoms with van der Waals surface area (Å²) in [4.78, 5) is 12.7. The molecule has 0 aromatic rings. The summed E-state index contributed by atoms with van der Waals surface area (Å²) in [6.07, 6.45) is 0.293. The Kier molecular flexibility index (Phi) is 3.48. The molecule has 1 amide bonds. The highest BCUT2D eigenvalue weighted by Gasteiger charge is 2.45. The summed E-state index contributed by atoms with van der Waals surface area (Å²) >= 11 is 5.53. The van der Waals surface area contributed by atoms with Crippen molar-refractivity contribution in [2.75, 3.05) is 12.4 Å². The molecule has 3 nitrogen and oxygen atoms in total. The van der Waals surface area contributed by atoms with Crippen LogP contribution in [0.4, 0.5) is 9.18 Å². The van der Waals surface area contributed by atoms with Crippen LogP contribution in [0.3, 0.4) is 0 Å². The van der Waals surface area contributed by atoms with Gasteiger partial charge in [-0.25, -0.2) is 9.18 Å². The largest absolute Gasteiger partial charge is 0.444 e. The van der Waals surface area contributed by atoms with Crippen LogP contribution in [0.15, 0.2) is 0 Å². The second-order valence-corrected chi connectivity index (χ2v) is 5.05. The van der Waals surface area contributed by atoms with Crippen molar-refractivity contribution in [1.82, 2.24) is 4.90 Å². The maximum absolute atomic E-state index is 14.0. The minimum Gasteiger partial charge on any atom is -0.444 e. The lowest BCUT2D eigenvalue weighted by atomic mass is 10.2. The molecule has 5 heteroatoms. The molecular weight excluding hydrogens is 221 g/mol. The summed E-state index contributed by atoms with van der Waals surface area (Å²) in [6, 6.07) is 0. The van der Waals surface area contributed by atoms with Crippen LogP contribution >= 0.6 is 11.6 Å². The summed E-state index contributed by atoms with van der Waals surface area (Å²) < 4.78 is 19.1. The van der Waals surface area contributed by atoms with Crippen molar-refractivity contribution < 1.29 is 13.9 Å². The van der Waals surface area contributed by atoms with Gasteiger partial charge in [0, 0.05) is 13.0 Å². The number of likely N-dealkylation sites (tertiary alicyclic amines) is 1. The maximum atomic E-state index is 14.0. The Labute approximate surface area is 94.5 Å². The molecule has 88 valence electrons. The average molecular weight is 238 g/mol. The Morgan fingerprint density at radius 3 is 2.67 bits per heavy atom. The quantitative estimate of drug-likeness (QED) is 0.518. The van der Waals surface area contributed by atoms with E-state index in [4.69, 9.17) is 16.3 Å². The summed E-state index contributed by atoms with van der Waals surface area (Å²) in [6.45, 7) is 5.63. The SMILES string of the molecule is CC(C)(C)OC(=O)N1CCCC1(F)CCl. The molecule has 1 saturated heterocycles. The first-order chi connectivity index (χ1) is 6.78. The van der Waals surface area contributed by atoms with Crippen molar-refractivity contribution >= 4 is 17.7 Å². The van der Waals surface area contributed by atoms with Crippen LogP contribution < -0.4 is 0 Å². The second-order valence-electron chi connectivity index (χ2n) is 4.79. The van der Waals surface area contributed by atoms with Crippen LogP contribution in [0.25, 0.3) is 0 Å². The van der Waals surface area contributed by atoms with Gasteiger partial charge in [0.05, 0.1) is 5.88 Å². The van der Waals surface area contributed by atoms with Crippen LogP contribution in [0.2, 0.25) is 0 Å². The van der Waals surface area contributed by atoms with Gasteiger partial charge in [-0.05, 0) is 27.2 Å². The molecule has 0 aromatic carbocycles. The molecule has 0 saturated carbocycles. The number of hydrogen-bond acceptors (Lipinski definition) is 2. The van der Waals surface area contributed by atoms with Crippen molar-refractivity contribution in [2.24, 2.45) is 0 Å². The van der Waals surface area contributed by atoms with E-state index < -0.39 is 17.5 Å². The van der Waals surface area contributed by atoms with Gasteiger partial charge in [-0.15, -0.1) is 11.6 Å². The number of carbonyl (C=O) groups excluding carboxylic acids is 1. The molecule has 0 bridgehead atoms. The molecule has 0 aliphatic carbocycles. The van der Waals surface area contributed by atoms with Gasteiger partial charge in [-0.3, -0.25) is 4.90 Å². The van der Waals surface area contributed by atoms with Gasteiger partial charge >= 0.3 is 6.09 Å². The fraction of sp³-hybridized carbons (Fsp3) is 0.900. The third-order valence-corrected chi connectivity index (χ3v) is 2.65. The highest BCUT2D eigenvalue weighted by atomic mass is 35.5. The molecule has 1 heterocycles. The molecule has 1 unspecified atom stereocenters. The number of rotatable bonds is 1.